The average molecular weight is 265 g/mol. The number of aromatic nitrogens is 2. The largest absolute Gasteiger partial charge is 0.328 e. The molecule has 1 aromatic carbocycles. The average Bonchev–Trinajstić information content (AvgIpc) is 2.47. The highest BCUT2D eigenvalue weighted by atomic mass is 16.2. The second kappa shape index (κ2) is 4.97. The Kier molecular flexibility index (Phi) is 3.01. The van der Waals surface area contributed by atoms with Crippen LogP contribution < -0.4 is 10.9 Å². The van der Waals surface area contributed by atoms with Crippen LogP contribution in [0.5, 0.6) is 0 Å². The molecule has 5 nitrogen and oxygen atoms in total. The van der Waals surface area contributed by atoms with Crippen molar-refractivity contribution in [2.75, 3.05) is 5.32 Å². The molecule has 3 rings (SSSR count). The van der Waals surface area contributed by atoms with Gasteiger partial charge >= 0.3 is 0 Å². The number of rotatable bonds is 2. The summed E-state index contributed by atoms with van der Waals surface area (Å²) in [5.41, 5.74) is 1.06. The Morgan fingerprint density at radius 2 is 2.00 bits per heavy atom. The van der Waals surface area contributed by atoms with E-state index in [1.807, 2.05) is 30.3 Å². The minimum atomic E-state index is -0.455. The molecule has 0 unspecified atom stereocenters. The number of carbonyl (C=O) groups is 1. The molecule has 98 valence electrons. The zero-order chi connectivity index (χ0) is 13.9. The van der Waals surface area contributed by atoms with Gasteiger partial charge in [0.1, 0.15) is 5.56 Å². The van der Waals surface area contributed by atoms with Crippen molar-refractivity contribution in [3.05, 3.63) is 70.8 Å². The maximum atomic E-state index is 12.0. The monoisotopic (exact) mass is 265 g/mol. The Morgan fingerprint density at radius 3 is 2.85 bits per heavy atom. The van der Waals surface area contributed by atoms with Crippen molar-refractivity contribution in [2.24, 2.45) is 0 Å². The van der Waals surface area contributed by atoms with Gasteiger partial charge in [0.05, 0.1) is 17.4 Å². The Hall–Kier alpha value is -2.95. The number of fused-ring (bicyclic) bond motifs is 1. The van der Waals surface area contributed by atoms with Crippen LogP contribution in [0, 0.1) is 0 Å². The van der Waals surface area contributed by atoms with Gasteiger partial charge in [-0.1, -0.05) is 18.2 Å². The number of para-hydroxylation sites is 1. The molecule has 0 radical (unpaired) electrons. The van der Waals surface area contributed by atoms with E-state index in [2.05, 4.69) is 15.3 Å². The standard InChI is InChI=1S/C15H11N3O2/c19-14-12(5-3-7-16-14)15(20)18-11-8-10-4-1-2-6-13(10)17-9-11/h1-9H,(H,16,19)(H,18,20). The number of nitrogens with one attached hydrogen (secondary N) is 2. The number of anilines is 1. The highest BCUT2D eigenvalue weighted by molar-refractivity contribution is 6.04. The molecule has 0 saturated carbocycles. The van der Waals surface area contributed by atoms with Crippen molar-refractivity contribution in [3.63, 3.8) is 0 Å². The van der Waals surface area contributed by atoms with Crippen LogP contribution in [-0.4, -0.2) is 15.9 Å². The number of hydrogen-bond donors (Lipinski definition) is 2. The van der Waals surface area contributed by atoms with Gasteiger partial charge in [0.25, 0.3) is 11.5 Å². The topological polar surface area (TPSA) is 74.8 Å². The van der Waals surface area contributed by atoms with E-state index in [0.717, 1.165) is 10.9 Å². The lowest BCUT2D eigenvalue weighted by molar-refractivity contribution is 0.102. The summed E-state index contributed by atoms with van der Waals surface area (Å²) < 4.78 is 0. The summed E-state index contributed by atoms with van der Waals surface area (Å²) in [6.07, 6.45) is 3.05. The van der Waals surface area contributed by atoms with Gasteiger partial charge in [-0.2, -0.15) is 0 Å². The minimum Gasteiger partial charge on any atom is -0.328 e. The van der Waals surface area contributed by atoms with Crippen LogP contribution in [-0.2, 0) is 0 Å². The first-order valence-electron chi connectivity index (χ1n) is 6.08. The Bertz CT molecular complexity index is 839. The summed E-state index contributed by atoms with van der Waals surface area (Å²) in [5, 5.41) is 3.59. The Morgan fingerprint density at radius 1 is 1.15 bits per heavy atom. The van der Waals surface area contributed by atoms with Gasteiger partial charge in [-0.25, -0.2) is 0 Å². The van der Waals surface area contributed by atoms with E-state index in [0.29, 0.717) is 5.69 Å². The predicted octanol–water partition coefficient (Wildman–Crippen LogP) is 2.18. The van der Waals surface area contributed by atoms with Crippen LogP contribution in [0.4, 0.5) is 5.69 Å². The van der Waals surface area contributed by atoms with Gasteiger partial charge in [-0.15, -0.1) is 0 Å². The molecule has 5 heteroatoms. The fourth-order valence-electron chi connectivity index (χ4n) is 1.94. The predicted molar refractivity (Wildman–Crippen MR) is 76.8 cm³/mol. The second-order valence-electron chi connectivity index (χ2n) is 4.28. The maximum absolute atomic E-state index is 12.0. The lowest BCUT2D eigenvalue weighted by atomic mass is 10.2. The lowest BCUT2D eigenvalue weighted by Gasteiger charge is -2.05. The molecule has 20 heavy (non-hydrogen) atoms. The summed E-state index contributed by atoms with van der Waals surface area (Å²) >= 11 is 0. The van der Waals surface area contributed by atoms with Gasteiger partial charge < -0.3 is 10.3 Å². The molecule has 0 aliphatic carbocycles. The van der Waals surface area contributed by atoms with Crippen LogP contribution in [0.3, 0.4) is 0 Å². The molecule has 2 aromatic heterocycles. The summed E-state index contributed by atoms with van der Waals surface area (Å²) in [7, 11) is 0. The first-order chi connectivity index (χ1) is 9.74. The minimum absolute atomic E-state index is 0.0701. The van der Waals surface area contributed by atoms with Crippen LogP contribution in [0.15, 0.2) is 59.7 Å². The first kappa shape index (κ1) is 12.1. The van der Waals surface area contributed by atoms with Gasteiger partial charge in [0.2, 0.25) is 0 Å². The third-order valence-corrected chi connectivity index (χ3v) is 2.91. The smallest absolute Gasteiger partial charge is 0.261 e. The second-order valence-corrected chi connectivity index (χ2v) is 4.28. The van der Waals surface area contributed by atoms with Crippen molar-refractivity contribution in [2.45, 2.75) is 0 Å². The normalized spacial score (nSPS) is 10.4. The van der Waals surface area contributed by atoms with Crippen molar-refractivity contribution in [1.82, 2.24) is 9.97 Å². The number of amides is 1. The van der Waals surface area contributed by atoms with E-state index in [4.69, 9.17) is 0 Å². The number of H-pyrrole nitrogens is 1. The number of pyridine rings is 2. The number of nitrogens with zero attached hydrogens (tertiary/aromatic N) is 1. The van der Waals surface area contributed by atoms with Gasteiger partial charge in [-0.3, -0.25) is 14.6 Å². The Balaban J connectivity index is 1.91. The molecule has 1 amide bonds. The molecule has 0 spiro atoms. The van der Waals surface area contributed by atoms with E-state index in [9.17, 15) is 9.59 Å². The Labute approximate surface area is 114 Å². The van der Waals surface area contributed by atoms with E-state index >= 15 is 0 Å². The summed E-state index contributed by atoms with van der Waals surface area (Å²) in [5.74, 6) is -0.455. The maximum Gasteiger partial charge on any atom is 0.261 e. The van der Waals surface area contributed by atoms with E-state index in [1.54, 1.807) is 12.3 Å². The molecular formula is C15H11N3O2. The highest BCUT2D eigenvalue weighted by Gasteiger charge is 2.10. The number of aromatic amines is 1. The molecule has 2 heterocycles. The SMILES string of the molecule is O=C(Nc1cnc2ccccc2c1)c1ccc[nH]c1=O. The van der Waals surface area contributed by atoms with E-state index < -0.39 is 11.5 Å². The van der Waals surface area contributed by atoms with Crippen LogP contribution in [0.25, 0.3) is 10.9 Å². The van der Waals surface area contributed by atoms with Crippen LogP contribution >= 0.6 is 0 Å². The molecular weight excluding hydrogens is 254 g/mol. The van der Waals surface area contributed by atoms with Gasteiger partial charge in [0.15, 0.2) is 0 Å². The third-order valence-electron chi connectivity index (χ3n) is 2.91. The van der Waals surface area contributed by atoms with Crippen molar-refractivity contribution in [1.29, 1.82) is 0 Å². The lowest BCUT2D eigenvalue weighted by Crippen LogP contribution is -2.22. The molecule has 0 aliphatic heterocycles. The number of hydrogen-bond acceptors (Lipinski definition) is 3. The quantitative estimate of drug-likeness (QED) is 0.745. The van der Waals surface area contributed by atoms with Crippen LogP contribution in [0.2, 0.25) is 0 Å². The molecule has 0 fully saturated rings. The van der Waals surface area contributed by atoms with Gasteiger partial charge in [-0.05, 0) is 24.3 Å². The fourth-order valence-corrected chi connectivity index (χ4v) is 1.94. The molecule has 0 saturated heterocycles. The molecule has 0 atom stereocenters. The zero-order valence-electron chi connectivity index (χ0n) is 10.5. The number of carbonyl (C=O) groups excluding carboxylic acids is 1. The third kappa shape index (κ3) is 2.29. The van der Waals surface area contributed by atoms with Crippen molar-refractivity contribution >= 4 is 22.5 Å². The molecule has 0 aliphatic rings. The number of benzene rings is 1. The molecule has 2 N–H and O–H groups in total. The summed E-state index contributed by atoms with van der Waals surface area (Å²) in [6.45, 7) is 0. The molecule has 3 aromatic rings. The fraction of sp³-hybridized carbons (Fsp3) is 0. The van der Waals surface area contributed by atoms with Crippen molar-refractivity contribution in [3.8, 4) is 0 Å². The highest BCUT2D eigenvalue weighted by Crippen LogP contribution is 2.16. The van der Waals surface area contributed by atoms with Crippen LogP contribution in [0.1, 0.15) is 10.4 Å². The van der Waals surface area contributed by atoms with E-state index in [-0.39, 0.29) is 5.56 Å². The van der Waals surface area contributed by atoms with Gasteiger partial charge in [0, 0.05) is 11.6 Å². The zero-order valence-corrected chi connectivity index (χ0v) is 10.5. The van der Waals surface area contributed by atoms with E-state index in [1.165, 1.54) is 12.3 Å². The summed E-state index contributed by atoms with van der Waals surface area (Å²) in [4.78, 5) is 30.3. The first-order valence-corrected chi connectivity index (χ1v) is 6.08. The van der Waals surface area contributed by atoms with Crippen molar-refractivity contribution < 1.29 is 4.79 Å². The molecule has 0 bridgehead atoms. The summed E-state index contributed by atoms with van der Waals surface area (Å²) in [6, 6.07) is 12.5.